The molecule has 0 fully saturated rings. The van der Waals surface area contributed by atoms with Crippen LogP contribution in [-0.4, -0.2) is 17.6 Å². The Bertz CT molecular complexity index is 952. The second-order valence-corrected chi connectivity index (χ2v) is 17.6. The summed E-state index contributed by atoms with van der Waals surface area (Å²) in [5, 5.41) is 2.96. The zero-order valence-corrected chi connectivity index (χ0v) is 24.3. The van der Waals surface area contributed by atoms with Crippen molar-refractivity contribution in [1.82, 2.24) is 4.90 Å². The predicted molar refractivity (Wildman–Crippen MR) is 146 cm³/mol. The Morgan fingerprint density at radius 1 is 0.812 bits per heavy atom. The third kappa shape index (κ3) is 7.02. The summed E-state index contributed by atoms with van der Waals surface area (Å²) in [5.74, 6) is 0. The number of nitrogens with zero attached hydrogens (tertiary/aromatic N) is 2. The van der Waals surface area contributed by atoms with Crippen molar-refractivity contribution in [3.63, 3.8) is 0 Å². The number of benzene rings is 3. The molecule has 0 aromatic heterocycles. The Balaban J connectivity index is 0.000000913. The van der Waals surface area contributed by atoms with Crippen LogP contribution in [-0.2, 0) is 13.9 Å². The molecule has 0 radical (unpaired) electrons. The number of aryl methyl sites for hydroxylation is 3. The van der Waals surface area contributed by atoms with Gasteiger partial charge >= 0.3 is 40.8 Å². The van der Waals surface area contributed by atoms with Gasteiger partial charge in [-0.3, -0.25) is 0 Å². The van der Waals surface area contributed by atoms with Gasteiger partial charge in [-0.05, 0) is 68.6 Å². The first kappa shape index (κ1) is 25.7. The fourth-order valence-electron chi connectivity index (χ4n) is 4.21. The van der Waals surface area contributed by atoms with Crippen molar-refractivity contribution in [2.45, 2.75) is 20.8 Å². The van der Waals surface area contributed by atoms with Crippen molar-refractivity contribution in [1.29, 1.82) is 0 Å². The summed E-state index contributed by atoms with van der Waals surface area (Å²) in [6.45, 7) is 9.82. The van der Waals surface area contributed by atoms with Crippen molar-refractivity contribution in [2.75, 3.05) is 17.6 Å². The third-order valence-electron chi connectivity index (χ3n) is 5.45. The topological polar surface area (TPSA) is 6.48 Å². The van der Waals surface area contributed by atoms with E-state index in [-0.39, 0.29) is 0 Å². The first-order valence-corrected chi connectivity index (χ1v) is 19.3. The second-order valence-electron chi connectivity index (χ2n) is 7.81. The van der Waals surface area contributed by atoms with Crippen molar-refractivity contribution in [2.24, 2.45) is 0 Å². The molecule has 32 heavy (non-hydrogen) atoms. The summed E-state index contributed by atoms with van der Waals surface area (Å²) in [6.07, 6.45) is 5.55. The Kier molecular flexibility index (Phi) is 10.5. The van der Waals surface area contributed by atoms with Gasteiger partial charge in [0.15, 0.2) is 0 Å². The van der Waals surface area contributed by atoms with Gasteiger partial charge < -0.3 is 9.80 Å². The second kappa shape index (κ2) is 13.1. The first-order valence-electron chi connectivity index (χ1n) is 10.5. The number of halogens is 2. The molecular weight excluding hydrogens is 638 g/mol. The maximum absolute atomic E-state index is 3.11. The van der Waals surface area contributed by atoms with E-state index in [1.807, 2.05) is 0 Å². The van der Waals surface area contributed by atoms with Crippen LogP contribution in [0.4, 0.5) is 5.69 Å². The van der Waals surface area contributed by atoms with Crippen LogP contribution in [0.5, 0.6) is 0 Å². The zero-order chi connectivity index (χ0) is 22.9. The summed E-state index contributed by atoms with van der Waals surface area (Å²) < 4.78 is 0. The summed E-state index contributed by atoms with van der Waals surface area (Å²) in [6, 6.07) is 26.5. The standard InChI is InChI=1S/C26H28N2P.2BrH.Pd/c1-21-18-22(2)26(23(3)19-21)28-15-14-27(20-28)16-17-29(24-10-6-4-7-11-24)25-12-8-5-9-13-25;;;/h4-15,18-20H,16-17H2,1-3H3;2*1H;/q-1;;;+2/p-1. The monoisotopic (exact) mass is 664 g/mol. The number of anilines is 1. The molecule has 3 aromatic carbocycles. The van der Waals surface area contributed by atoms with Gasteiger partial charge in [-0.25, -0.2) is 0 Å². The molecule has 1 heterocycles. The number of hydrogen-bond acceptors (Lipinski definition) is 2. The molecule has 0 amide bonds. The van der Waals surface area contributed by atoms with Crippen LogP contribution < -0.4 is 15.5 Å². The van der Waals surface area contributed by atoms with Crippen LogP contribution in [0, 0.1) is 27.4 Å². The van der Waals surface area contributed by atoms with Crippen LogP contribution >= 0.6 is 34.8 Å². The Morgan fingerprint density at radius 2 is 1.31 bits per heavy atom. The Labute approximate surface area is 215 Å². The van der Waals surface area contributed by atoms with Crippen LogP contribution in [0.3, 0.4) is 0 Å². The van der Waals surface area contributed by atoms with E-state index < -0.39 is 7.92 Å². The molecule has 0 saturated carbocycles. The molecule has 1 aliphatic rings. The zero-order valence-electron chi connectivity index (χ0n) is 18.5. The summed E-state index contributed by atoms with van der Waals surface area (Å²) in [5.41, 5.74) is 5.26. The SMILES string of the molecule is Cc1cc(C)c(N2C=CN(CC[PH+](c3ccccc3)c3ccccc3)[CH-]2)c(C)c1.[Br][Pd][Br]. The van der Waals surface area contributed by atoms with Gasteiger partial charge in [0.1, 0.15) is 0 Å². The number of rotatable bonds is 6. The minimum atomic E-state index is -0.804. The predicted octanol–water partition coefficient (Wildman–Crippen LogP) is 6.88. The van der Waals surface area contributed by atoms with Crippen LogP contribution in [0.15, 0.2) is 85.2 Å². The van der Waals surface area contributed by atoms with Crippen LogP contribution in [0.2, 0.25) is 0 Å². The molecule has 6 heteroatoms. The average molecular weight is 667 g/mol. The van der Waals surface area contributed by atoms with E-state index in [0.717, 1.165) is 6.54 Å². The summed E-state index contributed by atoms with van der Waals surface area (Å²) in [7, 11) is -0.804. The Hall–Kier alpha value is -0.948. The average Bonchev–Trinajstić information content (AvgIpc) is 3.24. The van der Waals surface area contributed by atoms with Crippen molar-refractivity contribution in [3.8, 4) is 0 Å². The molecule has 2 nitrogen and oxygen atoms in total. The van der Waals surface area contributed by atoms with Crippen molar-refractivity contribution >= 4 is 51.1 Å². The molecule has 0 spiro atoms. The Morgan fingerprint density at radius 3 is 1.81 bits per heavy atom. The van der Waals surface area contributed by atoms with E-state index in [0.29, 0.717) is 13.9 Å². The van der Waals surface area contributed by atoms with Gasteiger partial charge in [0.25, 0.3) is 0 Å². The van der Waals surface area contributed by atoms with Gasteiger partial charge in [0, 0.05) is 12.2 Å². The van der Waals surface area contributed by atoms with Crippen molar-refractivity contribution in [3.05, 3.63) is 109 Å². The first-order chi connectivity index (χ1) is 15.5. The van der Waals surface area contributed by atoms with Gasteiger partial charge in [-0.1, -0.05) is 54.1 Å². The van der Waals surface area contributed by atoms with E-state index in [2.05, 4.69) is 149 Å². The molecule has 1 aliphatic heterocycles. The summed E-state index contributed by atoms with van der Waals surface area (Å²) >= 11 is 6.80. The van der Waals surface area contributed by atoms with Crippen LogP contribution in [0.1, 0.15) is 16.7 Å². The quantitative estimate of drug-likeness (QED) is 0.161. The molecule has 0 saturated heterocycles. The maximum atomic E-state index is 3.11. The fourth-order valence-corrected chi connectivity index (χ4v) is 6.80. The minimum absolute atomic E-state index is 0.575. The van der Waals surface area contributed by atoms with Gasteiger partial charge in [0.05, 0.1) is 24.7 Å². The van der Waals surface area contributed by atoms with E-state index in [4.69, 9.17) is 0 Å². The number of hydrogen-bond donors (Lipinski definition) is 0. The molecule has 3 aromatic rings. The third-order valence-corrected chi connectivity index (χ3v) is 8.23. The van der Waals surface area contributed by atoms with Crippen LogP contribution in [0.25, 0.3) is 0 Å². The molecule has 172 valence electrons. The van der Waals surface area contributed by atoms with Gasteiger partial charge in [-0.2, -0.15) is 6.67 Å². The summed E-state index contributed by atoms with van der Waals surface area (Å²) in [4.78, 5) is 4.59. The van der Waals surface area contributed by atoms with Crippen molar-refractivity contribution < 1.29 is 13.9 Å². The van der Waals surface area contributed by atoms with E-state index in [9.17, 15) is 0 Å². The molecule has 4 rings (SSSR count). The molecule has 0 N–H and O–H groups in total. The molecular formula is C26H29Br2N2PPd. The van der Waals surface area contributed by atoms with E-state index >= 15 is 0 Å². The van der Waals surface area contributed by atoms with E-state index in [1.165, 1.54) is 39.1 Å². The van der Waals surface area contributed by atoms with Gasteiger partial charge in [0.2, 0.25) is 0 Å². The molecule has 0 atom stereocenters. The molecule has 0 unspecified atom stereocenters. The van der Waals surface area contributed by atoms with Gasteiger partial charge in [-0.15, -0.1) is 0 Å². The normalized spacial score (nSPS) is 12.9. The molecule has 0 aliphatic carbocycles. The molecule has 0 bridgehead atoms. The van der Waals surface area contributed by atoms with E-state index in [1.54, 1.807) is 0 Å². The fraction of sp³-hybridized carbons (Fsp3) is 0.192.